The molecule has 0 aliphatic rings. The van der Waals surface area contributed by atoms with Crippen molar-refractivity contribution in [2.75, 3.05) is 18.1 Å². The number of ether oxygens (including phenoxy) is 1. The summed E-state index contributed by atoms with van der Waals surface area (Å²) in [6.07, 6.45) is 1.67. The maximum absolute atomic E-state index is 12.2. The zero-order chi connectivity index (χ0) is 17.8. The second-order valence-electron chi connectivity index (χ2n) is 5.36. The number of benzene rings is 1. The molecule has 128 valence electrons. The number of nitrogens with two attached hydrogens (primary N) is 2. The van der Waals surface area contributed by atoms with Crippen molar-refractivity contribution in [3.8, 4) is 5.75 Å². The molecule has 0 radical (unpaired) electrons. The van der Waals surface area contributed by atoms with E-state index in [1.54, 1.807) is 12.1 Å². The first-order valence-corrected chi connectivity index (χ1v) is 7.63. The third-order valence-corrected chi connectivity index (χ3v) is 3.52. The SMILES string of the molecule is C=CCOc1ccc2cc(CNC(=O)c3ccc(N)nc3N)oc2c1. The van der Waals surface area contributed by atoms with Crippen LogP contribution >= 0.6 is 0 Å². The molecular formula is C18H18N4O3. The molecule has 1 aromatic carbocycles. The van der Waals surface area contributed by atoms with Gasteiger partial charge in [0, 0.05) is 11.5 Å². The average molecular weight is 338 g/mol. The minimum Gasteiger partial charge on any atom is -0.489 e. The molecular weight excluding hydrogens is 320 g/mol. The van der Waals surface area contributed by atoms with Crippen LogP contribution < -0.4 is 21.5 Å². The van der Waals surface area contributed by atoms with Gasteiger partial charge in [-0.05, 0) is 30.3 Å². The summed E-state index contributed by atoms with van der Waals surface area (Å²) < 4.78 is 11.2. The Hall–Kier alpha value is -3.48. The summed E-state index contributed by atoms with van der Waals surface area (Å²) in [7, 11) is 0. The summed E-state index contributed by atoms with van der Waals surface area (Å²) in [6, 6.07) is 10.5. The molecule has 0 spiro atoms. The number of fused-ring (bicyclic) bond motifs is 1. The average Bonchev–Trinajstić information content (AvgIpc) is 3.00. The van der Waals surface area contributed by atoms with Crippen molar-refractivity contribution in [3.05, 3.63) is 60.4 Å². The molecule has 0 bridgehead atoms. The van der Waals surface area contributed by atoms with Gasteiger partial charge in [-0.3, -0.25) is 4.79 Å². The van der Waals surface area contributed by atoms with E-state index in [4.69, 9.17) is 20.6 Å². The second kappa shape index (κ2) is 6.96. The molecule has 0 saturated heterocycles. The zero-order valence-electron chi connectivity index (χ0n) is 13.5. The van der Waals surface area contributed by atoms with Crippen LogP contribution in [0.15, 0.2) is 53.5 Å². The number of hydrogen-bond acceptors (Lipinski definition) is 6. The Morgan fingerprint density at radius 2 is 2.12 bits per heavy atom. The standard InChI is InChI=1S/C18H18N4O3/c1-2-7-24-12-4-3-11-8-13(25-15(11)9-12)10-21-18(23)14-5-6-16(19)22-17(14)20/h2-6,8-9H,1,7,10H2,(H,21,23)(H4,19,20,22). The smallest absolute Gasteiger partial charge is 0.255 e. The Morgan fingerprint density at radius 3 is 2.88 bits per heavy atom. The van der Waals surface area contributed by atoms with Crippen LogP contribution in [0.4, 0.5) is 11.6 Å². The van der Waals surface area contributed by atoms with Crippen molar-refractivity contribution >= 4 is 28.5 Å². The van der Waals surface area contributed by atoms with Gasteiger partial charge >= 0.3 is 0 Å². The van der Waals surface area contributed by atoms with Crippen molar-refractivity contribution in [1.29, 1.82) is 0 Å². The number of carbonyl (C=O) groups excluding carboxylic acids is 1. The van der Waals surface area contributed by atoms with E-state index in [0.29, 0.717) is 23.7 Å². The largest absolute Gasteiger partial charge is 0.489 e. The number of pyridine rings is 1. The Balaban J connectivity index is 1.70. The summed E-state index contributed by atoms with van der Waals surface area (Å²) >= 11 is 0. The van der Waals surface area contributed by atoms with Crippen LogP contribution in [0.3, 0.4) is 0 Å². The summed E-state index contributed by atoms with van der Waals surface area (Å²) in [4.78, 5) is 16.1. The third kappa shape index (κ3) is 3.72. The molecule has 25 heavy (non-hydrogen) atoms. The molecule has 1 amide bonds. The van der Waals surface area contributed by atoms with E-state index in [9.17, 15) is 4.79 Å². The van der Waals surface area contributed by atoms with Crippen LogP contribution in [0.25, 0.3) is 11.0 Å². The Morgan fingerprint density at radius 1 is 1.28 bits per heavy atom. The molecule has 0 unspecified atom stereocenters. The number of hydrogen-bond donors (Lipinski definition) is 3. The summed E-state index contributed by atoms with van der Waals surface area (Å²) in [5.74, 6) is 1.32. The minimum atomic E-state index is -0.347. The molecule has 0 fully saturated rings. The lowest BCUT2D eigenvalue weighted by molar-refractivity contribution is 0.0949. The van der Waals surface area contributed by atoms with Gasteiger partial charge in [0.05, 0.1) is 12.1 Å². The number of carbonyl (C=O) groups is 1. The molecule has 0 aliphatic carbocycles. The molecule has 0 atom stereocenters. The van der Waals surface area contributed by atoms with Gasteiger partial charge in [-0.25, -0.2) is 4.98 Å². The lowest BCUT2D eigenvalue weighted by atomic mass is 10.2. The number of nitrogens with zero attached hydrogens (tertiary/aromatic N) is 1. The maximum atomic E-state index is 12.2. The predicted octanol–water partition coefficient (Wildman–Crippen LogP) is 2.49. The normalized spacial score (nSPS) is 10.6. The van der Waals surface area contributed by atoms with E-state index in [1.165, 1.54) is 12.1 Å². The van der Waals surface area contributed by atoms with Gasteiger partial charge in [0.15, 0.2) is 0 Å². The van der Waals surface area contributed by atoms with Gasteiger partial charge < -0.3 is 25.9 Å². The fourth-order valence-electron chi connectivity index (χ4n) is 2.34. The second-order valence-corrected chi connectivity index (χ2v) is 5.36. The Labute approximate surface area is 144 Å². The van der Waals surface area contributed by atoms with E-state index in [1.807, 2.05) is 18.2 Å². The van der Waals surface area contributed by atoms with Crippen LogP contribution in [0.2, 0.25) is 0 Å². The van der Waals surface area contributed by atoms with E-state index in [0.717, 1.165) is 5.39 Å². The molecule has 7 heteroatoms. The number of furan rings is 1. The van der Waals surface area contributed by atoms with Gasteiger partial charge in [0.25, 0.3) is 5.91 Å². The molecule has 0 saturated carbocycles. The van der Waals surface area contributed by atoms with E-state index >= 15 is 0 Å². The van der Waals surface area contributed by atoms with E-state index < -0.39 is 0 Å². The number of anilines is 2. The van der Waals surface area contributed by atoms with Crippen molar-refractivity contribution in [2.24, 2.45) is 0 Å². The van der Waals surface area contributed by atoms with Crippen molar-refractivity contribution in [1.82, 2.24) is 10.3 Å². The number of nitrogens with one attached hydrogen (secondary N) is 1. The first kappa shape index (κ1) is 16.4. The molecule has 2 aromatic heterocycles. The van der Waals surface area contributed by atoms with Crippen molar-refractivity contribution < 1.29 is 13.9 Å². The van der Waals surface area contributed by atoms with Gasteiger partial charge in [-0.1, -0.05) is 12.7 Å². The number of nitrogen functional groups attached to an aromatic ring is 2. The monoisotopic (exact) mass is 338 g/mol. The lowest BCUT2D eigenvalue weighted by Gasteiger charge is -2.06. The lowest BCUT2D eigenvalue weighted by Crippen LogP contribution is -2.24. The van der Waals surface area contributed by atoms with Crippen LogP contribution in [-0.2, 0) is 6.54 Å². The van der Waals surface area contributed by atoms with Gasteiger partial charge in [0.1, 0.15) is 35.3 Å². The van der Waals surface area contributed by atoms with Gasteiger partial charge in [-0.15, -0.1) is 0 Å². The molecule has 5 N–H and O–H groups in total. The minimum absolute atomic E-state index is 0.0890. The maximum Gasteiger partial charge on any atom is 0.255 e. The van der Waals surface area contributed by atoms with E-state index in [2.05, 4.69) is 16.9 Å². The first-order chi connectivity index (χ1) is 12.1. The number of rotatable bonds is 6. The highest BCUT2D eigenvalue weighted by Gasteiger charge is 2.12. The highest BCUT2D eigenvalue weighted by molar-refractivity contribution is 5.98. The first-order valence-electron chi connectivity index (χ1n) is 7.63. The van der Waals surface area contributed by atoms with Crippen LogP contribution in [0, 0.1) is 0 Å². The topological polar surface area (TPSA) is 116 Å². The van der Waals surface area contributed by atoms with Crippen molar-refractivity contribution in [2.45, 2.75) is 6.54 Å². The van der Waals surface area contributed by atoms with Crippen LogP contribution in [-0.4, -0.2) is 17.5 Å². The van der Waals surface area contributed by atoms with Crippen molar-refractivity contribution in [3.63, 3.8) is 0 Å². The Bertz CT molecular complexity index is 933. The summed E-state index contributed by atoms with van der Waals surface area (Å²) in [6.45, 7) is 4.26. The fourth-order valence-corrected chi connectivity index (χ4v) is 2.34. The number of amides is 1. The van der Waals surface area contributed by atoms with Crippen LogP contribution in [0.5, 0.6) is 5.75 Å². The molecule has 2 heterocycles. The fraction of sp³-hybridized carbons (Fsp3) is 0.111. The molecule has 3 rings (SSSR count). The quantitative estimate of drug-likeness (QED) is 0.595. The van der Waals surface area contributed by atoms with Gasteiger partial charge in [-0.2, -0.15) is 0 Å². The number of aromatic nitrogens is 1. The summed E-state index contributed by atoms with van der Waals surface area (Å²) in [5, 5.41) is 3.67. The van der Waals surface area contributed by atoms with Crippen LogP contribution in [0.1, 0.15) is 16.1 Å². The molecule has 7 nitrogen and oxygen atoms in total. The molecule has 0 aliphatic heterocycles. The molecule has 3 aromatic rings. The van der Waals surface area contributed by atoms with E-state index in [-0.39, 0.29) is 29.7 Å². The Kier molecular flexibility index (Phi) is 4.56. The third-order valence-electron chi connectivity index (χ3n) is 3.52. The predicted molar refractivity (Wildman–Crippen MR) is 96.1 cm³/mol. The highest BCUT2D eigenvalue weighted by Crippen LogP contribution is 2.24. The zero-order valence-corrected chi connectivity index (χ0v) is 13.5. The summed E-state index contributed by atoms with van der Waals surface area (Å²) in [5.41, 5.74) is 12.2. The van der Waals surface area contributed by atoms with Gasteiger partial charge in [0.2, 0.25) is 0 Å². The highest BCUT2D eigenvalue weighted by atomic mass is 16.5.